The van der Waals surface area contributed by atoms with Crippen molar-refractivity contribution in [2.45, 2.75) is 45.1 Å². The summed E-state index contributed by atoms with van der Waals surface area (Å²) in [6, 6.07) is 3.11. The molecule has 25 heavy (non-hydrogen) atoms. The molecule has 2 aromatic carbocycles. The number of halogens is 4. The minimum absolute atomic E-state index is 0.114. The third-order valence-electron chi connectivity index (χ3n) is 5.36. The molecule has 2 aromatic rings. The van der Waals surface area contributed by atoms with Crippen LogP contribution in [0.4, 0.5) is 17.6 Å². The van der Waals surface area contributed by atoms with Gasteiger partial charge in [-0.15, -0.1) is 0 Å². The fraction of sp³-hybridized carbons (Fsp3) is 0.400. The van der Waals surface area contributed by atoms with Crippen molar-refractivity contribution in [1.82, 2.24) is 0 Å². The van der Waals surface area contributed by atoms with Gasteiger partial charge in [0.25, 0.3) is 0 Å². The van der Waals surface area contributed by atoms with E-state index >= 15 is 0 Å². The molecule has 1 nitrogen and oxygen atoms in total. The summed E-state index contributed by atoms with van der Waals surface area (Å²) in [5.74, 6) is -4.40. The van der Waals surface area contributed by atoms with E-state index < -0.39 is 23.3 Å². The van der Waals surface area contributed by atoms with E-state index in [1.165, 1.54) is 13.0 Å². The Morgan fingerprint density at radius 3 is 2.16 bits per heavy atom. The zero-order valence-corrected chi connectivity index (χ0v) is 14.1. The molecule has 1 heterocycles. The molecule has 132 valence electrons. The molecule has 0 N–H and O–H groups in total. The molecule has 0 aromatic heterocycles. The lowest BCUT2D eigenvalue weighted by molar-refractivity contribution is 0.0147. The summed E-state index contributed by atoms with van der Waals surface area (Å²) >= 11 is 0. The summed E-state index contributed by atoms with van der Waals surface area (Å²) in [5.41, 5.74) is 1.16. The summed E-state index contributed by atoms with van der Waals surface area (Å²) in [4.78, 5) is 0. The van der Waals surface area contributed by atoms with Gasteiger partial charge < -0.3 is 4.74 Å². The van der Waals surface area contributed by atoms with E-state index in [4.69, 9.17) is 4.74 Å². The van der Waals surface area contributed by atoms with Crippen molar-refractivity contribution in [3.63, 3.8) is 0 Å². The van der Waals surface area contributed by atoms with E-state index in [0.717, 1.165) is 6.42 Å². The lowest BCUT2D eigenvalue weighted by atomic mass is 9.88. The van der Waals surface area contributed by atoms with Gasteiger partial charge in [0.15, 0.2) is 23.3 Å². The SMILES string of the molecule is Cc1cc2c(c(F)c1F)-c1c(cc(C3CCC(C)OC3)c(F)c1F)C2. The van der Waals surface area contributed by atoms with Crippen LogP contribution in [0.25, 0.3) is 11.1 Å². The Morgan fingerprint density at radius 2 is 1.52 bits per heavy atom. The largest absolute Gasteiger partial charge is 0.378 e. The van der Waals surface area contributed by atoms with Crippen LogP contribution in [0.15, 0.2) is 12.1 Å². The molecule has 0 bridgehead atoms. The number of hydrogen-bond donors (Lipinski definition) is 0. The van der Waals surface area contributed by atoms with Crippen molar-refractivity contribution in [2.24, 2.45) is 0 Å². The van der Waals surface area contributed by atoms with Crippen LogP contribution in [0.1, 0.15) is 47.9 Å². The highest BCUT2D eigenvalue weighted by Gasteiger charge is 2.33. The summed E-state index contributed by atoms with van der Waals surface area (Å²) < 4.78 is 63.3. The molecule has 2 atom stereocenters. The highest BCUT2D eigenvalue weighted by Crippen LogP contribution is 2.44. The first-order chi connectivity index (χ1) is 11.9. The maximum Gasteiger partial charge on any atom is 0.167 e. The molecule has 0 radical (unpaired) electrons. The number of fused-ring (bicyclic) bond motifs is 3. The summed E-state index contributed by atoms with van der Waals surface area (Å²) in [7, 11) is 0. The highest BCUT2D eigenvalue weighted by atomic mass is 19.2. The molecule has 1 fully saturated rings. The van der Waals surface area contributed by atoms with Crippen molar-refractivity contribution in [1.29, 1.82) is 0 Å². The van der Waals surface area contributed by atoms with Crippen LogP contribution < -0.4 is 0 Å². The minimum atomic E-state index is -1.10. The van der Waals surface area contributed by atoms with Gasteiger partial charge in [-0.05, 0) is 55.4 Å². The topological polar surface area (TPSA) is 9.23 Å². The van der Waals surface area contributed by atoms with Crippen LogP contribution in [0.3, 0.4) is 0 Å². The molecule has 2 unspecified atom stereocenters. The van der Waals surface area contributed by atoms with Crippen LogP contribution in [0.2, 0.25) is 0 Å². The predicted octanol–water partition coefficient (Wildman–Crippen LogP) is 5.41. The van der Waals surface area contributed by atoms with Gasteiger partial charge >= 0.3 is 0 Å². The number of aryl methyl sites for hydroxylation is 1. The third-order valence-corrected chi connectivity index (χ3v) is 5.36. The molecule has 1 saturated heterocycles. The molecule has 5 heteroatoms. The number of benzene rings is 2. The molecule has 0 amide bonds. The van der Waals surface area contributed by atoms with E-state index in [1.807, 2.05) is 6.92 Å². The second kappa shape index (κ2) is 5.84. The van der Waals surface area contributed by atoms with Gasteiger partial charge in [0.05, 0.1) is 12.7 Å². The zero-order valence-electron chi connectivity index (χ0n) is 14.1. The van der Waals surface area contributed by atoms with Crippen molar-refractivity contribution in [3.8, 4) is 11.1 Å². The van der Waals surface area contributed by atoms with Gasteiger partial charge in [0.2, 0.25) is 0 Å². The Bertz CT molecular complexity index is 867. The first kappa shape index (κ1) is 16.6. The number of rotatable bonds is 1. The molecule has 0 spiro atoms. The maximum atomic E-state index is 14.8. The van der Waals surface area contributed by atoms with E-state index in [9.17, 15) is 17.6 Å². The first-order valence-electron chi connectivity index (χ1n) is 8.48. The second-order valence-corrected chi connectivity index (χ2v) is 7.08. The summed E-state index contributed by atoms with van der Waals surface area (Å²) in [6.07, 6.45) is 1.88. The lowest BCUT2D eigenvalue weighted by Gasteiger charge is -2.28. The minimum Gasteiger partial charge on any atom is -0.378 e. The standard InChI is InChI=1S/C20H18F4O/c1-9-5-12-6-13-7-14(11-4-3-10(2)25-8-11)18(22)20(24)16(13)15(12)19(23)17(9)21/h5,7,10-11H,3-4,6,8H2,1-2H3. The molecule has 4 rings (SSSR count). The van der Waals surface area contributed by atoms with Gasteiger partial charge in [0, 0.05) is 17.0 Å². The van der Waals surface area contributed by atoms with Gasteiger partial charge in [-0.25, -0.2) is 17.6 Å². The number of ether oxygens (including phenoxy) is 1. The van der Waals surface area contributed by atoms with Crippen molar-refractivity contribution in [3.05, 3.63) is 57.7 Å². The van der Waals surface area contributed by atoms with E-state index in [1.54, 1.807) is 6.07 Å². The van der Waals surface area contributed by atoms with E-state index in [-0.39, 0.29) is 40.7 Å². The average molecular weight is 350 g/mol. The second-order valence-electron chi connectivity index (χ2n) is 7.08. The Morgan fingerprint density at radius 1 is 0.880 bits per heavy atom. The molecular weight excluding hydrogens is 332 g/mol. The zero-order chi connectivity index (χ0) is 17.9. The van der Waals surface area contributed by atoms with Crippen LogP contribution in [-0.4, -0.2) is 12.7 Å². The average Bonchev–Trinajstić information content (AvgIpc) is 2.95. The highest BCUT2D eigenvalue weighted by molar-refractivity contribution is 5.79. The Balaban J connectivity index is 1.84. The summed E-state index contributed by atoms with van der Waals surface area (Å²) in [6.45, 7) is 3.75. The Kier molecular flexibility index (Phi) is 3.87. The van der Waals surface area contributed by atoms with Crippen molar-refractivity contribution < 1.29 is 22.3 Å². The molecule has 1 aliphatic carbocycles. The van der Waals surface area contributed by atoms with Crippen molar-refractivity contribution in [2.75, 3.05) is 6.61 Å². The molecular formula is C20H18F4O. The smallest absolute Gasteiger partial charge is 0.167 e. The maximum absolute atomic E-state index is 14.8. The van der Waals surface area contributed by atoms with Gasteiger partial charge in [-0.1, -0.05) is 12.1 Å². The first-order valence-corrected chi connectivity index (χ1v) is 8.48. The molecule has 1 aliphatic heterocycles. The Hall–Kier alpha value is -1.88. The molecule has 0 saturated carbocycles. The van der Waals surface area contributed by atoms with E-state index in [2.05, 4.69) is 0 Å². The fourth-order valence-corrected chi connectivity index (χ4v) is 3.97. The van der Waals surface area contributed by atoms with Crippen LogP contribution in [0.5, 0.6) is 0 Å². The fourth-order valence-electron chi connectivity index (χ4n) is 3.97. The summed E-state index contributed by atoms with van der Waals surface area (Å²) in [5, 5.41) is 0. The van der Waals surface area contributed by atoms with E-state index in [0.29, 0.717) is 24.2 Å². The normalized spacial score (nSPS) is 22.0. The third kappa shape index (κ3) is 2.48. The van der Waals surface area contributed by atoms with Crippen molar-refractivity contribution >= 4 is 0 Å². The monoisotopic (exact) mass is 350 g/mol. The van der Waals surface area contributed by atoms with Crippen LogP contribution in [-0.2, 0) is 11.2 Å². The lowest BCUT2D eigenvalue weighted by Crippen LogP contribution is -2.23. The molecule has 2 aliphatic rings. The van der Waals surface area contributed by atoms with Gasteiger partial charge in [-0.3, -0.25) is 0 Å². The van der Waals surface area contributed by atoms with Gasteiger partial charge in [0.1, 0.15) is 0 Å². The van der Waals surface area contributed by atoms with Gasteiger partial charge in [-0.2, -0.15) is 0 Å². The predicted molar refractivity (Wildman–Crippen MR) is 86.6 cm³/mol. The van der Waals surface area contributed by atoms with Crippen LogP contribution in [0, 0.1) is 30.2 Å². The quantitative estimate of drug-likeness (QED) is 0.534. The Labute approximate surface area is 143 Å². The number of hydrogen-bond acceptors (Lipinski definition) is 1. The van der Waals surface area contributed by atoms with Crippen LogP contribution >= 0.6 is 0 Å².